The fourth-order valence-electron chi connectivity index (χ4n) is 11.3. The molecule has 12 rings (SSSR count). The summed E-state index contributed by atoms with van der Waals surface area (Å²) in [5, 5.41) is 5.41. The Morgan fingerprint density at radius 3 is 1.33 bits per heavy atom. The number of rotatable bonds is 9. The van der Waals surface area contributed by atoms with Crippen LogP contribution in [0, 0.1) is 11.6 Å². The molecule has 8 heterocycles. The zero-order valence-corrected chi connectivity index (χ0v) is 49.9. The fraction of sp³-hybridized carbons (Fsp3) is 0.383. The van der Waals surface area contributed by atoms with Crippen LogP contribution < -0.4 is 43.9 Å². The molecule has 462 valence electrons. The lowest BCUT2D eigenvalue weighted by Gasteiger charge is -2.44. The maximum atomic E-state index is 14.8. The third-order valence-corrected chi connectivity index (χ3v) is 15.6. The third kappa shape index (κ3) is 14.4. The first-order chi connectivity index (χ1) is 40.0. The SMILES string of the molecule is COc1cc(C(F)(F)F)nc2c(N3CCC(=O)CC3)ccc(F)c12.COc1cc(N2CCN(C3CCN(c4ccc(F)c5c(OC)cc(C(F)(F)F)nc45)CC3)CC2)c2ncccc2c1.COc1cc(N2CCNCC2)c2ncccc2c1.Cl.Cl.Cl. The number of nitrogens with one attached hydrogen (secondary N) is 1. The molecule has 0 amide bonds. The molecule has 15 nitrogen and oxygen atoms in total. The van der Waals surface area contributed by atoms with Crippen LogP contribution in [0.15, 0.2) is 97.3 Å². The van der Waals surface area contributed by atoms with E-state index in [0.29, 0.717) is 62.5 Å². The number of alkyl halides is 6. The number of piperidine rings is 2. The van der Waals surface area contributed by atoms with Gasteiger partial charge in [0, 0.05) is 145 Å². The van der Waals surface area contributed by atoms with Crippen molar-refractivity contribution in [3.05, 3.63) is 120 Å². The van der Waals surface area contributed by atoms with Crippen molar-refractivity contribution in [2.45, 2.75) is 44.1 Å². The number of ether oxygens (including phenoxy) is 4. The summed E-state index contributed by atoms with van der Waals surface area (Å²) in [5.41, 5.74) is 2.73. The molecule has 0 unspecified atom stereocenters. The van der Waals surface area contributed by atoms with Gasteiger partial charge in [0.25, 0.3) is 0 Å². The van der Waals surface area contributed by atoms with Crippen molar-refractivity contribution < 1.29 is 58.9 Å². The number of benzene rings is 4. The van der Waals surface area contributed by atoms with Gasteiger partial charge in [-0.05, 0) is 61.4 Å². The van der Waals surface area contributed by atoms with Gasteiger partial charge in [-0.1, -0.05) is 12.1 Å². The van der Waals surface area contributed by atoms with E-state index in [0.717, 1.165) is 110 Å². The normalized spacial score (nSPS) is 16.1. The van der Waals surface area contributed by atoms with Crippen molar-refractivity contribution in [3.8, 4) is 23.0 Å². The van der Waals surface area contributed by atoms with Gasteiger partial charge in [-0.3, -0.25) is 19.7 Å². The fourth-order valence-corrected chi connectivity index (χ4v) is 11.3. The summed E-state index contributed by atoms with van der Waals surface area (Å²) in [5.74, 6) is 0.0306. The lowest BCUT2D eigenvalue weighted by molar-refractivity contribution is -0.141. The number of nitrogens with zero attached hydrogens (tertiary/aromatic N) is 9. The predicted molar refractivity (Wildman–Crippen MR) is 325 cm³/mol. The molecule has 0 atom stereocenters. The Hall–Kier alpha value is -7.18. The van der Waals surface area contributed by atoms with Crippen molar-refractivity contribution in [2.24, 2.45) is 0 Å². The minimum Gasteiger partial charge on any atom is -0.497 e. The van der Waals surface area contributed by atoms with Crippen molar-refractivity contribution in [2.75, 3.05) is 127 Å². The second kappa shape index (κ2) is 28.6. The highest BCUT2D eigenvalue weighted by molar-refractivity contribution is 5.98. The first-order valence-electron chi connectivity index (χ1n) is 27.3. The molecule has 86 heavy (non-hydrogen) atoms. The molecule has 0 saturated carbocycles. The first-order valence-corrected chi connectivity index (χ1v) is 27.3. The summed E-state index contributed by atoms with van der Waals surface area (Å²) in [6, 6.07) is 23.3. The maximum absolute atomic E-state index is 14.8. The zero-order valence-electron chi connectivity index (χ0n) is 47.4. The predicted octanol–water partition coefficient (Wildman–Crippen LogP) is 12.2. The van der Waals surface area contributed by atoms with Crippen LogP contribution in [0.1, 0.15) is 37.1 Å². The van der Waals surface area contributed by atoms with Gasteiger partial charge < -0.3 is 43.9 Å². The quantitative estimate of drug-likeness (QED) is 0.137. The molecule has 0 aliphatic carbocycles. The average molecular weight is 1260 g/mol. The average Bonchev–Trinajstić information content (AvgIpc) is 2.67. The van der Waals surface area contributed by atoms with Crippen molar-refractivity contribution in [1.29, 1.82) is 0 Å². The number of piperazine rings is 2. The van der Waals surface area contributed by atoms with E-state index in [2.05, 4.69) is 52.1 Å². The minimum atomic E-state index is -4.68. The van der Waals surface area contributed by atoms with E-state index in [4.69, 9.17) is 18.9 Å². The van der Waals surface area contributed by atoms with Crippen LogP contribution in [0.2, 0.25) is 0 Å². The number of carbonyl (C=O) groups excluding carboxylic acids is 1. The largest absolute Gasteiger partial charge is 0.497 e. The molecular weight excluding hydrogens is 1200 g/mol. The molecule has 4 aromatic carbocycles. The highest BCUT2D eigenvalue weighted by Crippen LogP contribution is 2.42. The van der Waals surface area contributed by atoms with Crippen LogP contribution in [0.3, 0.4) is 0 Å². The van der Waals surface area contributed by atoms with Gasteiger partial charge in [-0.25, -0.2) is 18.7 Å². The number of carbonyl (C=O) groups is 1. The van der Waals surface area contributed by atoms with Gasteiger partial charge in [0.2, 0.25) is 0 Å². The molecule has 0 radical (unpaired) electrons. The van der Waals surface area contributed by atoms with Gasteiger partial charge in [0.1, 0.15) is 62.8 Å². The van der Waals surface area contributed by atoms with Crippen molar-refractivity contribution in [3.63, 3.8) is 0 Å². The molecular formula is C60H65Cl3F8N10O5. The van der Waals surface area contributed by atoms with Crippen LogP contribution in [-0.4, -0.2) is 144 Å². The monoisotopic (exact) mass is 1260 g/mol. The number of Topliss-reactive ketones (excluding diaryl/α,β-unsaturated/α-hetero) is 1. The minimum absolute atomic E-state index is 0. The van der Waals surface area contributed by atoms with Crippen LogP contribution in [0.25, 0.3) is 43.6 Å². The summed E-state index contributed by atoms with van der Waals surface area (Å²) in [6.45, 7) is 9.55. The number of hydrogen-bond donors (Lipinski definition) is 1. The van der Waals surface area contributed by atoms with Crippen LogP contribution in [-0.2, 0) is 17.1 Å². The van der Waals surface area contributed by atoms with Gasteiger partial charge in [0.15, 0.2) is 0 Å². The van der Waals surface area contributed by atoms with E-state index >= 15 is 0 Å². The van der Waals surface area contributed by atoms with E-state index in [-0.39, 0.29) is 76.3 Å². The standard InChI is InChI=1S/C30H31F4N5O2.C16H14F4N2O2.C14H17N3O.3ClH/c1-40-21-16-19-4-3-9-35-28(19)24(17-21)39-14-12-37(13-15-39)20-7-10-38(11-8-20)23-6-5-22(31)27-25(41-2)18-26(30(32,33)34)36-29(23)27;1-24-12-8-13(16(18,19)20)21-15-11(3-2-10(17)14(12)15)22-6-4-9(23)5-7-22;1-18-12-9-11-3-2-4-16-14(11)13(10-12)17-7-5-15-6-8-17;;;/h3-6,9,16-18,20H,7-8,10-15H2,1-2H3;2-3,8H,4-7H2,1H3;2-4,9-10,15H,5-8H2,1H3;3*1H. The molecule has 0 bridgehead atoms. The van der Waals surface area contributed by atoms with E-state index in [1.807, 2.05) is 53.7 Å². The highest BCUT2D eigenvalue weighted by Gasteiger charge is 2.37. The number of hydrogen-bond acceptors (Lipinski definition) is 15. The molecule has 1 N–H and O–H groups in total. The molecule has 4 fully saturated rings. The van der Waals surface area contributed by atoms with Gasteiger partial charge in [-0.15, -0.1) is 37.2 Å². The molecule has 4 aromatic heterocycles. The Kier molecular flexibility index (Phi) is 22.0. The summed E-state index contributed by atoms with van der Waals surface area (Å²) >= 11 is 0. The van der Waals surface area contributed by atoms with E-state index < -0.39 is 35.4 Å². The second-order valence-corrected chi connectivity index (χ2v) is 20.4. The second-order valence-electron chi connectivity index (χ2n) is 20.4. The summed E-state index contributed by atoms with van der Waals surface area (Å²) < 4.78 is 130. The number of anilines is 4. The van der Waals surface area contributed by atoms with E-state index in [1.165, 1.54) is 44.2 Å². The number of methoxy groups -OCH3 is 4. The molecule has 4 saturated heterocycles. The Labute approximate surface area is 510 Å². The molecule has 8 aromatic rings. The number of ketones is 1. The number of pyridine rings is 4. The Morgan fingerprint density at radius 2 is 0.907 bits per heavy atom. The Balaban J connectivity index is 0.000000200. The van der Waals surface area contributed by atoms with Crippen molar-refractivity contribution >= 4 is 109 Å². The summed E-state index contributed by atoms with van der Waals surface area (Å²) in [6.07, 6.45) is -3.40. The molecule has 26 heteroatoms. The van der Waals surface area contributed by atoms with Gasteiger partial charge in [0.05, 0.1) is 73.0 Å². The van der Waals surface area contributed by atoms with Gasteiger partial charge >= 0.3 is 12.4 Å². The topological polar surface area (TPSA) is 134 Å². The summed E-state index contributed by atoms with van der Waals surface area (Å²) in [7, 11) is 5.79. The first kappa shape index (κ1) is 66.3. The Bertz CT molecular complexity index is 3640. The number of aromatic nitrogens is 4. The van der Waals surface area contributed by atoms with Crippen LogP contribution in [0.5, 0.6) is 23.0 Å². The van der Waals surface area contributed by atoms with Crippen LogP contribution >= 0.6 is 37.2 Å². The van der Waals surface area contributed by atoms with Crippen molar-refractivity contribution in [1.82, 2.24) is 30.2 Å². The number of fused-ring (bicyclic) bond motifs is 4. The number of halogens is 11. The maximum Gasteiger partial charge on any atom is 0.433 e. The smallest absolute Gasteiger partial charge is 0.433 e. The molecule has 4 aliphatic heterocycles. The molecule has 4 aliphatic rings. The summed E-state index contributed by atoms with van der Waals surface area (Å²) in [4.78, 5) is 39.0. The zero-order chi connectivity index (χ0) is 58.6. The third-order valence-electron chi connectivity index (χ3n) is 15.6. The van der Waals surface area contributed by atoms with Gasteiger partial charge in [-0.2, -0.15) is 26.3 Å². The van der Waals surface area contributed by atoms with E-state index in [9.17, 15) is 39.9 Å². The van der Waals surface area contributed by atoms with E-state index in [1.54, 1.807) is 19.1 Å². The lowest BCUT2D eigenvalue weighted by Crippen LogP contribution is -2.53. The Morgan fingerprint density at radius 1 is 0.488 bits per heavy atom. The molecule has 0 spiro atoms. The highest BCUT2D eigenvalue weighted by atomic mass is 35.5. The van der Waals surface area contributed by atoms with Crippen LogP contribution in [0.4, 0.5) is 57.9 Å². The lowest BCUT2D eigenvalue weighted by atomic mass is 10.0.